The molecule has 2 aromatic heterocycles. The number of carbonyl (C=O) groups excluding carboxylic acids is 2. The van der Waals surface area contributed by atoms with Gasteiger partial charge < -0.3 is 9.80 Å². The first-order valence-electron chi connectivity index (χ1n) is 9.64. The van der Waals surface area contributed by atoms with E-state index in [2.05, 4.69) is 15.2 Å². The molecule has 2 bridgehead atoms. The third kappa shape index (κ3) is 2.83. The Hall–Kier alpha value is -3.22. The number of hydrogen-bond donors (Lipinski definition) is 1. The number of nitrogens with one attached hydrogen (secondary N) is 1. The molecule has 0 aliphatic carbocycles. The van der Waals surface area contributed by atoms with Gasteiger partial charge in [0, 0.05) is 43.5 Å². The van der Waals surface area contributed by atoms with E-state index in [1.54, 1.807) is 24.5 Å². The number of pyridine rings is 1. The summed E-state index contributed by atoms with van der Waals surface area (Å²) in [5, 5.41) is 8.07. The highest BCUT2D eigenvalue weighted by Crippen LogP contribution is 2.30. The maximum Gasteiger partial charge on any atom is 0.275 e. The molecule has 3 aromatic rings. The smallest absolute Gasteiger partial charge is 0.275 e. The first-order valence-corrected chi connectivity index (χ1v) is 9.64. The standard InChI is InChI=1S/C21H21N5O2/c27-20(15-4-3-9-22-10-15)25-11-14-7-8-16(13-25)26(12-14)21(28)19-17-5-1-2-6-18(17)23-24-19/h1-6,9-10,14,16H,7-8,11-13H2,(H,23,24)/t14-,16+/m1/s1. The lowest BCUT2D eigenvalue weighted by molar-refractivity contribution is 0.0570. The largest absolute Gasteiger partial charge is 0.336 e. The molecule has 3 aliphatic heterocycles. The molecule has 0 saturated carbocycles. The molecule has 7 heteroatoms. The highest BCUT2D eigenvalue weighted by Gasteiger charge is 2.39. The Morgan fingerprint density at radius 2 is 1.89 bits per heavy atom. The molecule has 5 heterocycles. The molecule has 1 aromatic carbocycles. The first-order chi connectivity index (χ1) is 13.7. The first kappa shape index (κ1) is 16.9. The van der Waals surface area contributed by atoms with Gasteiger partial charge in [-0.05, 0) is 37.0 Å². The van der Waals surface area contributed by atoms with Crippen molar-refractivity contribution in [2.45, 2.75) is 18.9 Å². The van der Waals surface area contributed by atoms with Gasteiger partial charge in [-0.25, -0.2) is 0 Å². The Bertz CT molecular complexity index is 1030. The lowest BCUT2D eigenvalue weighted by atomic mass is 9.94. The fourth-order valence-corrected chi connectivity index (χ4v) is 4.43. The second-order valence-electron chi connectivity index (χ2n) is 7.62. The average Bonchev–Trinajstić information content (AvgIpc) is 2.95. The maximum absolute atomic E-state index is 13.3. The van der Waals surface area contributed by atoms with Crippen LogP contribution in [-0.4, -0.2) is 62.5 Å². The number of benzene rings is 1. The van der Waals surface area contributed by atoms with Gasteiger partial charge in [0.25, 0.3) is 11.8 Å². The number of fused-ring (bicyclic) bond motifs is 5. The molecule has 3 saturated heterocycles. The Labute approximate surface area is 162 Å². The van der Waals surface area contributed by atoms with E-state index in [4.69, 9.17) is 0 Å². The Kier molecular flexibility index (Phi) is 4.07. The van der Waals surface area contributed by atoms with E-state index in [1.807, 2.05) is 34.1 Å². The van der Waals surface area contributed by atoms with Crippen LogP contribution in [-0.2, 0) is 0 Å². The van der Waals surface area contributed by atoms with Crippen LogP contribution in [0.25, 0.3) is 10.9 Å². The van der Waals surface area contributed by atoms with Gasteiger partial charge in [0.15, 0.2) is 5.69 Å². The molecule has 2 atom stereocenters. The zero-order valence-corrected chi connectivity index (χ0v) is 15.4. The predicted octanol–water partition coefficient (Wildman–Crippen LogP) is 2.33. The van der Waals surface area contributed by atoms with Crippen LogP contribution in [0.4, 0.5) is 0 Å². The summed E-state index contributed by atoms with van der Waals surface area (Å²) < 4.78 is 0. The summed E-state index contributed by atoms with van der Waals surface area (Å²) in [5.74, 6) is 0.223. The summed E-state index contributed by atoms with van der Waals surface area (Å²) in [7, 11) is 0. The molecular formula is C21H21N5O2. The van der Waals surface area contributed by atoms with E-state index in [0.29, 0.717) is 30.9 Å². The van der Waals surface area contributed by atoms with Gasteiger partial charge >= 0.3 is 0 Å². The zero-order valence-electron chi connectivity index (χ0n) is 15.4. The molecular weight excluding hydrogens is 354 g/mol. The van der Waals surface area contributed by atoms with Crippen LogP contribution in [0.2, 0.25) is 0 Å². The normalized spacial score (nSPS) is 21.7. The van der Waals surface area contributed by atoms with Gasteiger partial charge in [-0.1, -0.05) is 18.2 Å². The minimum atomic E-state index is -0.0529. The van der Waals surface area contributed by atoms with Crippen LogP contribution in [0, 0.1) is 5.92 Å². The topological polar surface area (TPSA) is 82.2 Å². The summed E-state index contributed by atoms with van der Waals surface area (Å²) >= 11 is 0. The average molecular weight is 375 g/mol. The van der Waals surface area contributed by atoms with Gasteiger partial charge in [0.1, 0.15) is 0 Å². The van der Waals surface area contributed by atoms with Crippen molar-refractivity contribution in [3.8, 4) is 0 Å². The minimum absolute atomic E-state index is 0.00971. The molecule has 2 amide bonds. The highest BCUT2D eigenvalue weighted by molar-refractivity contribution is 6.04. The van der Waals surface area contributed by atoms with E-state index in [-0.39, 0.29) is 23.8 Å². The van der Waals surface area contributed by atoms with Crippen molar-refractivity contribution in [1.82, 2.24) is 25.0 Å². The van der Waals surface area contributed by atoms with Crippen molar-refractivity contribution in [2.24, 2.45) is 5.92 Å². The molecule has 0 spiro atoms. The third-order valence-corrected chi connectivity index (χ3v) is 5.84. The van der Waals surface area contributed by atoms with Crippen molar-refractivity contribution in [2.75, 3.05) is 19.6 Å². The van der Waals surface area contributed by atoms with Gasteiger partial charge in [0.2, 0.25) is 0 Å². The molecule has 3 aliphatic rings. The van der Waals surface area contributed by atoms with Crippen LogP contribution >= 0.6 is 0 Å². The monoisotopic (exact) mass is 375 g/mol. The third-order valence-electron chi connectivity index (χ3n) is 5.84. The summed E-state index contributed by atoms with van der Waals surface area (Å²) in [4.78, 5) is 34.1. The van der Waals surface area contributed by atoms with Gasteiger partial charge in [-0.15, -0.1) is 0 Å². The van der Waals surface area contributed by atoms with E-state index in [9.17, 15) is 9.59 Å². The summed E-state index contributed by atoms with van der Waals surface area (Å²) in [6, 6.07) is 11.3. The molecule has 6 rings (SSSR count). The molecule has 7 nitrogen and oxygen atoms in total. The van der Waals surface area contributed by atoms with Crippen molar-refractivity contribution in [1.29, 1.82) is 0 Å². The fraction of sp³-hybridized carbons (Fsp3) is 0.333. The Morgan fingerprint density at radius 1 is 1.00 bits per heavy atom. The lowest BCUT2D eigenvalue weighted by Gasteiger charge is -2.35. The maximum atomic E-state index is 13.3. The van der Waals surface area contributed by atoms with Crippen LogP contribution in [0.1, 0.15) is 33.7 Å². The number of H-pyrrole nitrogens is 1. The lowest BCUT2D eigenvalue weighted by Crippen LogP contribution is -2.47. The number of nitrogens with zero attached hydrogens (tertiary/aromatic N) is 4. The van der Waals surface area contributed by atoms with Crippen LogP contribution in [0.3, 0.4) is 0 Å². The number of amides is 2. The number of rotatable bonds is 2. The summed E-state index contributed by atoms with van der Waals surface area (Å²) in [6.45, 7) is 1.90. The number of aromatic amines is 1. The van der Waals surface area contributed by atoms with Gasteiger partial charge in [0.05, 0.1) is 11.1 Å². The molecule has 0 radical (unpaired) electrons. The SMILES string of the molecule is O=C(c1cccnc1)N1C[C@H]2CC[C@@H](C1)N(C(=O)c1n[nH]c3ccccc13)C2. The van der Waals surface area contributed by atoms with Crippen molar-refractivity contribution < 1.29 is 9.59 Å². The van der Waals surface area contributed by atoms with Crippen LogP contribution in [0.15, 0.2) is 48.8 Å². The van der Waals surface area contributed by atoms with Crippen molar-refractivity contribution in [3.63, 3.8) is 0 Å². The second-order valence-corrected chi connectivity index (χ2v) is 7.62. The number of para-hydroxylation sites is 1. The molecule has 142 valence electrons. The van der Waals surface area contributed by atoms with E-state index >= 15 is 0 Å². The van der Waals surface area contributed by atoms with Crippen LogP contribution in [0.5, 0.6) is 0 Å². The second kappa shape index (κ2) is 6.74. The van der Waals surface area contributed by atoms with Crippen molar-refractivity contribution >= 4 is 22.7 Å². The fourth-order valence-electron chi connectivity index (χ4n) is 4.43. The predicted molar refractivity (Wildman–Crippen MR) is 104 cm³/mol. The summed E-state index contributed by atoms with van der Waals surface area (Å²) in [6.07, 6.45) is 5.22. The number of piperidine rings is 1. The van der Waals surface area contributed by atoms with E-state index < -0.39 is 0 Å². The Morgan fingerprint density at radius 3 is 2.75 bits per heavy atom. The molecule has 0 unspecified atom stereocenters. The summed E-state index contributed by atoms with van der Waals surface area (Å²) in [5.41, 5.74) is 1.92. The van der Waals surface area contributed by atoms with E-state index in [1.165, 1.54) is 0 Å². The van der Waals surface area contributed by atoms with Gasteiger partial charge in [-0.2, -0.15) is 5.10 Å². The molecule has 3 fully saturated rings. The number of aromatic nitrogens is 3. The van der Waals surface area contributed by atoms with E-state index in [0.717, 1.165) is 23.7 Å². The molecule has 28 heavy (non-hydrogen) atoms. The zero-order chi connectivity index (χ0) is 19.1. The molecule has 1 N–H and O–H groups in total. The Balaban J connectivity index is 1.41. The van der Waals surface area contributed by atoms with Crippen molar-refractivity contribution in [3.05, 3.63) is 60.0 Å². The highest BCUT2D eigenvalue weighted by atomic mass is 16.2. The van der Waals surface area contributed by atoms with Gasteiger partial charge in [-0.3, -0.25) is 19.7 Å². The van der Waals surface area contributed by atoms with Crippen LogP contribution < -0.4 is 0 Å². The number of carbonyl (C=O) groups is 2. The number of hydrogen-bond acceptors (Lipinski definition) is 4. The minimum Gasteiger partial charge on any atom is -0.336 e. The quantitative estimate of drug-likeness (QED) is 0.745.